The van der Waals surface area contributed by atoms with Crippen LogP contribution in [0.5, 0.6) is 0 Å². The molecule has 0 fully saturated rings. The number of hydrogen-bond donors (Lipinski definition) is 2. The van der Waals surface area contributed by atoms with Crippen LogP contribution < -0.4 is 11.3 Å². The molecule has 2 aromatic rings. The predicted octanol–water partition coefficient (Wildman–Crippen LogP) is 0.0361. The summed E-state index contributed by atoms with van der Waals surface area (Å²) >= 11 is 0. The molecule has 1 amide bonds. The van der Waals surface area contributed by atoms with Crippen molar-refractivity contribution in [2.75, 3.05) is 0 Å². The van der Waals surface area contributed by atoms with Gasteiger partial charge in [-0.15, -0.1) is 0 Å². The van der Waals surface area contributed by atoms with E-state index in [9.17, 15) is 14.9 Å². The Morgan fingerprint density at radius 2 is 2.39 bits per heavy atom. The highest BCUT2D eigenvalue weighted by Crippen LogP contribution is 2.12. The summed E-state index contributed by atoms with van der Waals surface area (Å²) in [4.78, 5) is 24.6. The van der Waals surface area contributed by atoms with Crippen molar-refractivity contribution < 1.29 is 14.1 Å². The van der Waals surface area contributed by atoms with E-state index >= 15 is 0 Å². The van der Waals surface area contributed by atoms with Crippen molar-refractivity contribution in [1.29, 1.82) is 0 Å². The van der Waals surface area contributed by atoms with Gasteiger partial charge >= 0.3 is 11.7 Å². The Balaban J connectivity index is 2.11. The third-order valence-electron chi connectivity index (χ3n) is 2.16. The molecule has 0 spiro atoms. The van der Waals surface area contributed by atoms with Gasteiger partial charge in [0.1, 0.15) is 12.0 Å². The van der Waals surface area contributed by atoms with Crippen LogP contribution in [0.2, 0.25) is 0 Å². The van der Waals surface area contributed by atoms with Gasteiger partial charge in [0.05, 0.1) is 6.54 Å². The summed E-state index contributed by atoms with van der Waals surface area (Å²) in [6.07, 6.45) is 2.58. The Kier molecular flexibility index (Phi) is 3.06. The van der Waals surface area contributed by atoms with Gasteiger partial charge in [0.2, 0.25) is 6.33 Å². The molecule has 2 aromatic heterocycles. The van der Waals surface area contributed by atoms with E-state index in [1.165, 1.54) is 23.2 Å². The zero-order chi connectivity index (χ0) is 13.1. The fourth-order valence-electron chi connectivity index (χ4n) is 1.37. The first-order valence-electron chi connectivity index (χ1n) is 4.86. The molecule has 3 N–H and O–H groups in total. The van der Waals surface area contributed by atoms with Crippen LogP contribution in [0.4, 0.5) is 5.82 Å². The molecule has 0 unspecified atom stereocenters. The highest BCUT2D eigenvalue weighted by atomic mass is 16.6. The van der Waals surface area contributed by atoms with E-state index in [0.29, 0.717) is 5.76 Å². The molecule has 0 saturated heterocycles. The number of furan rings is 1. The van der Waals surface area contributed by atoms with Crippen LogP contribution in [-0.2, 0) is 6.54 Å². The van der Waals surface area contributed by atoms with Gasteiger partial charge in [0.15, 0.2) is 5.76 Å². The molecule has 2 rings (SSSR count). The first-order valence-corrected chi connectivity index (χ1v) is 4.86. The number of rotatable bonds is 4. The minimum Gasteiger partial charge on any atom is -0.454 e. The Morgan fingerprint density at radius 3 is 3.00 bits per heavy atom. The van der Waals surface area contributed by atoms with E-state index in [-0.39, 0.29) is 18.1 Å². The summed E-state index contributed by atoms with van der Waals surface area (Å²) in [7, 11) is 0. The normalized spacial score (nSPS) is 10.3. The van der Waals surface area contributed by atoms with Gasteiger partial charge < -0.3 is 19.1 Å². The van der Waals surface area contributed by atoms with Crippen LogP contribution in [-0.4, -0.2) is 20.4 Å². The topological polar surface area (TPSA) is 129 Å². The number of nitrogens with one attached hydrogen (secondary N) is 1. The van der Waals surface area contributed by atoms with Crippen molar-refractivity contribution in [3.05, 3.63) is 46.3 Å². The maximum atomic E-state index is 11.1. The molecule has 0 aromatic carbocycles. The second kappa shape index (κ2) is 4.67. The van der Waals surface area contributed by atoms with E-state index in [0.717, 1.165) is 0 Å². The number of nitrogens with two attached hydrogens (primary N) is 1. The van der Waals surface area contributed by atoms with Gasteiger partial charge in [-0.25, -0.2) is 5.84 Å². The quantitative estimate of drug-likeness (QED) is 0.341. The molecule has 9 nitrogen and oxygen atoms in total. The lowest BCUT2D eigenvalue weighted by Crippen LogP contribution is -2.29. The average molecular weight is 251 g/mol. The second-order valence-corrected chi connectivity index (χ2v) is 3.40. The smallest absolute Gasteiger partial charge is 0.381 e. The molecule has 0 radical (unpaired) electrons. The van der Waals surface area contributed by atoms with Crippen molar-refractivity contribution >= 4 is 11.7 Å². The summed E-state index contributed by atoms with van der Waals surface area (Å²) in [6.45, 7) is 0.235. The summed E-state index contributed by atoms with van der Waals surface area (Å²) in [5.74, 6) is 4.69. The van der Waals surface area contributed by atoms with Crippen LogP contribution in [0, 0.1) is 10.1 Å². The summed E-state index contributed by atoms with van der Waals surface area (Å²) in [5, 5.41) is 10.4. The molecule has 9 heteroatoms. The van der Waals surface area contributed by atoms with E-state index in [2.05, 4.69) is 4.98 Å². The van der Waals surface area contributed by atoms with Crippen molar-refractivity contribution in [3.63, 3.8) is 0 Å². The number of nitro groups is 1. The van der Waals surface area contributed by atoms with Crippen LogP contribution >= 0.6 is 0 Å². The van der Waals surface area contributed by atoms with E-state index in [4.69, 9.17) is 10.3 Å². The van der Waals surface area contributed by atoms with Crippen molar-refractivity contribution in [3.8, 4) is 0 Å². The first kappa shape index (κ1) is 11.8. The van der Waals surface area contributed by atoms with Gasteiger partial charge in [-0.2, -0.15) is 0 Å². The van der Waals surface area contributed by atoms with Crippen LogP contribution in [0.3, 0.4) is 0 Å². The fourth-order valence-corrected chi connectivity index (χ4v) is 1.37. The summed E-state index contributed by atoms with van der Waals surface area (Å²) in [6, 6.07) is 3.04. The average Bonchev–Trinajstić information content (AvgIpc) is 2.98. The minimum absolute atomic E-state index is 0.0714. The van der Waals surface area contributed by atoms with Crippen LogP contribution in [0.25, 0.3) is 0 Å². The van der Waals surface area contributed by atoms with Gasteiger partial charge in [0, 0.05) is 0 Å². The predicted molar refractivity (Wildman–Crippen MR) is 58.3 cm³/mol. The highest BCUT2D eigenvalue weighted by Gasteiger charge is 2.13. The van der Waals surface area contributed by atoms with E-state index < -0.39 is 10.8 Å². The number of carbonyl (C=O) groups excluding carboxylic acids is 1. The number of imidazole rings is 1. The third-order valence-corrected chi connectivity index (χ3v) is 2.16. The largest absolute Gasteiger partial charge is 0.454 e. The highest BCUT2D eigenvalue weighted by molar-refractivity contribution is 5.90. The van der Waals surface area contributed by atoms with Gasteiger partial charge in [-0.3, -0.25) is 10.2 Å². The molecule has 0 aliphatic carbocycles. The second-order valence-electron chi connectivity index (χ2n) is 3.40. The number of nitrogen functional groups attached to an aromatic ring is 1. The van der Waals surface area contributed by atoms with Crippen molar-refractivity contribution in [1.82, 2.24) is 15.0 Å². The number of nitrogens with zero attached hydrogens (tertiary/aromatic N) is 3. The standard InChI is InChI=1S/C9H9N5O4/c10-12-9(15)7-2-1-6(18-7)3-13-4-8(11-5-13)14(16)17/h1-2,4-5H,3,10H2,(H,12,15). The van der Waals surface area contributed by atoms with Crippen LogP contribution in [0.1, 0.15) is 16.3 Å². The van der Waals surface area contributed by atoms with Crippen molar-refractivity contribution in [2.45, 2.75) is 6.54 Å². The van der Waals surface area contributed by atoms with Gasteiger partial charge in [-0.1, -0.05) is 0 Å². The molecular weight excluding hydrogens is 242 g/mol. The Morgan fingerprint density at radius 1 is 1.61 bits per heavy atom. The SMILES string of the molecule is NNC(=O)c1ccc(Cn2cnc([N+](=O)[O-])c2)o1. The van der Waals surface area contributed by atoms with E-state index in [1.807, 2.05) is 5.43 Å². The molecule has 0 aliphatic rings. The summed E-state index contributed by atoms with van der Waals surface area (Å²) in [5.41, 5.74) is 1.94. The molecule has 18 heavy (non-hydrogen) atoms. The maximum Gasteiger partial charge on any atom is 0.381 e. The molecule has 2 heterocycles. The van der Waals surface area contributed by atoms with Gasteiger partial charge in [0.25, 0.3) is 0 Å². The Bertz CT molecular complexity index is 587. The lowest BCUT2D eigenvalue weighted by atomic mass is 10.4. The molecule has 0 aliphatic heterocycles. The number of aromatic nitrogens is 2. The number of hydrogen-bond acceptors (Lipinski definition) is 6. The molecule has 0 atom stereocenters. The fraction of sp³-hybridized carbons (Fsp3) is 0.111. The zero-order valence-corrected chi connectivity index (χ0v) is 9.07. The number of amides is 1. The lowest BCUT2D eigenvalue weighted by Gasteiger charge is -1.96. The van der Waals surface area contributed by atoms with E-state index in [1.54, 1.807) is 6.07 Å². The monoisotopic (exact) mass is 251 g/mol. The minimum atomic E-state index is -0.591. The Labute approximate surface area is 100 Å². The molecule has 0 saturated carbocycles. The molecule has 0 bridgehead atoms. The number of carbonyl (C=O) groups is 1. The third kappa shape index (κ3) is 2.35. The number of hydrazine groups is 1. The Hall–Kier alpha value is -2.68. The maximum absolute atomic E-state index is 11.1. The summed E-state index contributed by atoms with van der Waals surface area (Å²) < 4.78 is 6.67. The zero-order valence-electron chi connectivity index (χ0n) is 9.07. The van der Waals surface area contributed by atoms with Crippen molar-refractivity contribution in [2.24, 2.45) is 5.84 Å². The first-order chi connectivity index (χ1) is 8.60. The molecular formula is C9H9N5O4. The lowest BCUT2D eigenvalue weighted by molar-refractivity contribution is -0.389. The molecule has 94 valence electrons. The van der Waals surface area contributed by atoms with Crippen LogP contribution in [0.15, 0.2) is 29.1 Å². The van der Waals surface area contributed by atoms with Gasteiger partial charge in [-0.05, 0) is 22.0 Å².